The highest BCUT2D eigenvalue weighted by Gasteiger charge is 1.98. The first-order valence-electron chi connectivity index (χ1n) is 2.84. The van der Waals surface area contributed by atoms with E-state index in [4.69, 9.17) is 12.2 Å². The first kappa shape index (κ1) is 7.38. The first-order chi connectivity index (χ1) is 4.25. The largest absolute Gasteiger partial charge is 0.105 e. The quantitative estimate of drug-likeness (QED) is 0.467. The first-order valence-corrected chi connectivity index (χ1v) is 5.40. The Morgan fingerprint density at radius 1 is 1.44 bits per heavy atom. The van der Waals surface area contributed by atoms with Crippen molar-refractivity contribution in [3.8, 4) is 0 Å². The lowest BCUT2D eigenvalue weighted by atomic mass is 10.3. The molecule has 1 rings (SSSR count). The minimum Gasteiger partial charge on any atom is -0.0834 e. The van der Waals surface area contributed by atoms with Crippen LogP contribution in [0.25, 0.3) is 0 Å². The van der Waals surface area contributed by atoms with Gasteiger partial charge < -0.3 is 0 Å². The zero-order valence-corrected chi connectivity index (χ0v) is 7.88. The van der Waals surface area contributed by atoms with Crippen molar-refractivity contribution < 1.29 is 0 Å². The fraction of sp³-hybridized carbons (Fsp3) is 0.500. The Kier molecular flexibility index (Phi) is 2.38. The van der Waals surface area contributed by atoms with E-state index in [0.717, 1.165) is 10.2 Å². The van der Waals surface area contributed by atoms with Crippen LogP contribution in [0.5, 0.6) is 0 Å². The highest BCUT2D eigenvalue weighted by Crippen LogP contribution is 2.23. The molecule has 0 radical (unpaired) electrons. The summed E-state index contributed by atoms with van der Waals surface area (Å²) < 4.78 is 1.07. The molecule has 1 heterocycles. The van der Waals surface area contributed by atoms with Crippen molar-refractivity contribution in [2.75, 3.05) is 0 Å². The molecule has 0 amide bonds. The second-order valence-corrected chi connectivity index (χ2v) is 4.76. The Labute approximate surface area is 67.6 Å². The van der Waals surface area contributed by atoms with Crippen molar-refractivity contribution in [2.45, 2.75) is 20.3 Å². The summed E-state index contributed by atoms with van der Waals surface area (Å²) in [6.45, 7) is 4.27. The van der Waals surface area contributed by atoms with Crippen LogP contribution in [0.1, 0.15) is 17.4 Å². The van der Waals surface area contributed by atoms with E-state index in [2.05, 4.69) is 13.8 Å². The number of hydrogen-bond acceptors (Lipinski definition) is 3. The molecule has 0 bridgehead atoms. The molecule has 0 aliphatic heterocycles. The van der Waals surface area contributed by atoms with E-state index in [-0.39, 0.29) is 0 Å². The average molecular weight is 176 g/mol. The molecule has 0 spiro atoms. The summed E-state index contributed by atoms with van der Waals surface area (Å²) in [4.78, 5) is 1.45. The molecule has 0 aliphatic carbocycles. The van der Waals surface area contributed by atoms with Gasteiger partial charge in [-0.25, -0.2) is 0 Å². The molecule has 0 unspecified atom stereocenters. The summed E-state index contributed by atoms with van der Waals surface area (Å²) in [6.07, 6.45) is 1.13. The van der Waals surface area contributed by atoms with Gasteiger partial charge in [0, 0.05) is 4.88 Å². The second kappa shape index (κ2) is 2.90. The molecule has 0 saturated carbocycles. The fourth-order valence-electron chi connectivity index (χ4n) is 0.651. The van der Waals surface area contributed by atoms with Crippen LogP contribution in [0.2, 0.25) is 0 Å². The molecule has 0 N–H and O–H groups in total. The van der Waals surface area contributed by atoms with Crippen LogP contribution < -0.4 is 0 Å². The smallest absolute Gasteiger partial charge is 0.0834 e. The van der Waals surface area contributed by atoms with Gasteiger partial charge in [-0.3, -0.25) is 0 Å². The normalized spacial score (nSPS) is 10.0. The van der Waals surface area contributed by atoms with Crippen LogP contribution in [0, 0.1) is 10.7 Å². The molecule has 0 aliphatic rings. The van der Waals surface area contributed by atoms with Crippen LogP contribution in [-0.2, 0) is 6.42 Å². The van der Waals surface area contributed by atoms with Crippen LogP contribution in [-0.4, -0.2) is 0 Å². The van der Waals surface area contributed by atoms with E-state index < -0.39 is 0 Å². The Balaban J connectivity index is 3.20. The summed E-state index contributed by atoms with van der Waals surface area (Å²) in [5.41, 5.74) is 1.32. The minimum atomic E-state index is 1.07. The van der Waals surface area contributed by atoms with Gasteiger partial charge in [-0.2, -0.15) is 0 Å². The number of aryl methyl sites for hydroxylation is 1. The number of hydrogen-bond donors (Lipinski definition) is 0. The fourth-order valence-corrected chi connectivity index (χ4v) is 3.61. The Morgan fingerprint density at radius 2 is 2.11 bits per heavy atom. The van der Waals surface area contributed by atoms with Crippen molar-refractivity contribution in [2.24, 2.45) is 0 Å². The van der Waals surface area contributed by atoms with Crippen molar-refractivity contribution in [1.29, 1.82) is 0 Å². The molecule has 9 heavy (non-hydrogen) atoms. The van der Waals surface area contributed by atoms with Gasteiger partial charge in [-0.05, 0) is 18.9 Å². The highest BCUT2D eigenvalue weighted by molar-refractivity contribution is 7.79. The maximum absolute atomic E-state index is 5.07. The molecule has 50 valence electrons. The van der Waals surface area contributed by atoms with Gasteiger partial charge in [0.05, 0.1) is 0 Å². The van der Waals surface area contributed by atoms with Gasteiger partial charge in [0.2, 0.25) is 0 Å². The van der Waals surface area contributed by atoms with E-state index in [1.165, 1.54) is 10.4 Å². The van der Waals surface area contributed by atoms with Crippen LogP contribution in [0.4, 0.5) is 0 Å². The van der Waals surface area contributed by atoms with E-state index in [9.17, 15) is 0 Å². The maximum atomic E-state index is 5.07. The van der Waals surface area contributed by atoms with Gasteiger partial charge in [0.25, 0.3) is 0 Å². The molecule has 0 aromatic carbocycles. The molecule has 0 fully saturated rings. The predicted octanol–water partition coefficient (Wildman–Crippen LogP) is 3.41. The average Bonchev–Trinajstić information content (AvgIpc) is 2.15. The lowest BCUT2D eigenvalue weighted by molar-refractivity contribution is 1.16. The highest BCUT2D eigenvalue weighted by atomic mass is 32.9. The number of rotatable bonds is 1. The van der Waals surface area contributed by atoms with E-state index in [1.807, 2.05) is 10.3 Å². The van der Waals surface area contributed by atoms with Gasteiger partial charge in [0.1, 0.15) is 3.82 Å². The molecular weight excluding hydrogens is 168 g/mol. The van der Waals surface area contributed by atoms with E-state index in [0.29, 0.717) is 0 Å². The summed E-state index contributed by atoms with van der Waals surface area (Å²) in [6, 6.07) is 0. The van der Waals surface area contributed by atoms with Crippen molar-refractivity contribution in [3.63, 3.8) is 0 Å². The maximum Gasteiger partial charge on any atom is 0.105 e. The predicted molar refractivity (Wildman–Crippen MR) is 47.1 cm³/mol. The van der Waals surface area contributed by atoms with Gasteiger partial charge in [-0.1, -0.05) is 39.8 Å². The van der Waals surface area contributed by atoms with Crippen LogP contribution in [0.15, 0.2) is 0 Å². The van der Waals surface area contributed by atoms with Gasteiger partial charge in [-0.15, -0.1) is 0 Å². The molecule has 3 heteroatoms. The van der Waals surface area contributed by atoms with E-state index >= 15 is 0 Å². The van der Waals surface area contributed by atoms with Crippen molar-refractivity contribution >= 4 is 32.9 Å². The van der Waals surface area contributed by atoms with Crippen LogP contribution in [0.3, 0.4) is 0 Å². The van der Waals surface area contributed by atoms with Crippen LogP contribution >= 0.6 is 32.9 Å². The zero-order valence-electron chi connectivity index (χ0n) is 5.43. The molecule has 1 aromatic rings. The summed E-state index contributed by atoms with van der Waals surface area (Å²) in [5.74, 6) is 0. The topological polar surface area (TPSA) is 0 Å². The molecule has 0 nitrogen and oxygen atoms in total. The standard InChI is InChI=1S/C6H8S3/c1-3-5-4(2)6(7)9-8-5/h3H2,1-2H3. The Bertz CT molecular complexity index is 243. The third-order valence-electron chi connectivity index (χ3n) is 1.26. The monoisotopic (exact) mass is 176 g/mol. The Hall–Kier alpha value is 0.270. The lowest BCUT2D eigenvalue weighted by Gasteiger charge is -1.86. The summed E-state index contributed by atoms with van der Waals surface area (Å²) >= 11 is 5.07. The lowest BCUT2D eigenvalue weighted by Crippen LogP contribution is -1.74. The third-order valence-corrected chi connectivity index (χ3v) is 4.83. The molecule has 0 saturated heterocycles. The Morgan fingerprint density at radius 3 is 2.33 bits per heavy atom. The second-order valence-electron chi connectivity index (χ2n) is 1.86. The summed E-state index contributed by atoms with van der Waals surface area (Å²) in [7, 11) is 3.53. The van der Waals surface area contributed by atoms with Gasteiger partial charge >= 0.3 is 0 Å². The molecule has 1 aromatic heterocycles. The zero-order chi connectivity index (χ0) is 6.85. The minimum absolute atomic E-state index is 1.07. The van der Waals surface area contributed by atoms with E-state index in [1.54, 1.807) is 10.3 Å². The SMILES string of the molecule is CCc1ssc(=S)c1C. The molecule has 0 atom stereocenters. The molecular formula is C6H8S3. The van der Waals surface area contributed by atoms with Crippen molar-refractivity contribution in [1.82, 2.24) is 0 Å². The van der Waals surface area contributed by atoms with Gasteiger partial charge in [0.15, 0.2) is 0 Å². The third kappa shape index (κ3) is 1.39. The summed E-state index contributed by atoms with van der Waals surface area (Å²) in [5, 5.41) is 0. The van der Waals surface area contributed by atoms with Crippen molar-refractivity contribution in [3.05, 3.63) is 14.3 Å².